The van der Waals surface area contributed by atoms with E-state index in [1.807, 2.05) is 13.0 Å². The average molecular weight is 364 g/mol. The minimum absolute atomic E-state index is 0.124. The molecule has 2 amide bonds. The number of hydrogen-bond donors (Lipinski definition) is 2. The van der Waals surface area contributed by atoms with Gasteiger partial charge in [-0.05, 0) is 56.2 Å². The standard InChI is InChI=1S/C21H20N2O4/c1-12-17-11-16(26-2)8-9-18(17)27-19(12)21(25)23-15-5-3-4-13(10-15)20(24)22-14-6-7-14/h3-5,8-11,14H,6-7H2,1-2H3,(H,22,24)(H,23,25). The lowest BCUT2D eigenvalue weighted by molar-refractivity contribution is 0.0949. The monoisotopic (exact) mass is 364 g/mol. The molecule has 1 aliphatic rings. The highest BCUT2D eigenvalue weighted by molar-refractivity contribution is 6.07. The Morgan fingerprint density at radius 3 is 2.67 bits per heavy atom. The predicted octanol–water partition coefficient (Wildman–Crippen LogP) is 3.89. The number of hydrogen-bond acceptors (Lipinski definition) is 4. The highest BCUT2D eigenvalue weighted by Gasteiger charge is 2.24. The predicted molar refractivity (Wildman–Crippen MR) is 102 cm³/mol. The zero-order valence-electron chi connectivity index (χ0n) is 15.2. The molecule has 138 valence electrons. The molecule has 1 heterocycles. The Bertz CT molecular complexity index is 1030. The molecule has 6 nitrogen and oxygen atoms in total. The van der Waals surface area contributed by atoms with Crippen LogP contribution in [0.1, 0.15) is 39.3 Å². The van der Waals surface area contributed by atoms with Gasteiger partial charge < -0.3 is 19.8 Å². The van der Waals surface area contributed by atoms with E-state index in [0.717, 1.165) is 23.8 Å². The van der Waals surface area contributed by atoms with Crippen molar-refractivity contribution in [3.63, 3.8) is 0 Å². The molecule has 6 heteroatoms. The van der Waals surface area contributed by atoms with Crippen LogP contribution in [0.2, 0.25) is 0 Å². The summed E-state index contributed by atoms with van der Waals surface area (Å²) >= 11 is 0. The van der Waals surface area contributed by atoms with Crippen molar-refractivity contribution in [3.05, 3.63) is 59.4 Å². The van der Waals surface area contributed by atoms with Crippen molar-refractivity contribution in [2.45, 2.75) is 25.8 Å². The lowest BCUT2D eigenvalue weighted by atomic mass is 10.1. The Hall–Kier alpha value is -3.28. The molecular weight excluding hydrogens is 344 g/mol. The summed E-state index contributed by atoms with van der Waals surface area (Å²) in [5, 5.41) is 6.58. The fourth-order valence-electron chi connectivity index (χ4n) is 2.97. The number of carbonyl (C=O) groups is 2. The van der Waals surface area contributed by atoms with Crippen LogP contribution >= 0.6 is 0 Å². The summed E-state index contributed by atoms with van der Waals surface area (Å²) in [6.07, 6.45) is 2.05. The van der Waals surface area contributed by atoms with Crippen LogP contribution in [0.25, 0.3) is 11.0 Å². The van der Waals surface area contributed by atoms with Gasteiger partial charge in [-0.25, -0.2) is 0 Å². The van der Waals surface area contributed by atoms with Crippen molar-refractivity contribution in [1.82, 2.24) is 5.32 Å². The molecular formula is C21H20N2O4. The van der Waals surface area contributed by atoms with E-state index in [9.17, 15) is 9.59 Å². The SMILES string of the molecule is COc1ccc2oc(C(=O)Nc3cccc(C(=O)NC4CC4)c3)c(C)c2c1. The number of fused-ring (bicyclic) bond motifs is 1. The molecule has 0 spiro atoms. The molecule has 0 unspecified atom stereocenters. The van der Waals surface area contributed by atoms with E-state index in [1.165, 1.54) is 0 Å². The molecule has 1 saturated carbocycles. The highest BCUT2D eigenvalue weighted by Crippen LogP contribution is 2.29. The zero-order valence-corrected chi connectivity index (χ0v) is 15.2. The second-order valence-corrected chi connectivity index (χ2v) is 6.70. The number of anilines is 1. The van der Waals surface area contributed by atoms with Gasteiger partial charge in [0.2, 0.25) is 0 Å². The Morgan fingerprint density at radius 1 is 1.11 bits per heavy atom. The van der Waals surface area contributed by atoms with Gasteiger partial charge in [-0.1, -0.05) is 6.07 Å². The average Bonchev–Trinajstić information content (AvgIpc) is 3.43. The quantitative estimate of drug-likeness (QED) is 0.720. The first-order chi connectivity index (χ1) is 13.0. The van der Waals surface area contributed by atoms with Crippen LogP contribution in [0.15, 0.2) is 46.9 Å². The first kappa shape index (κ1) is 17.1. The lowest BCUT2D eigenvalue weighted by Crippen LogP contribution is -2.25. The number of furan rings is 1. The maximum atomic E-state index is 12.7. The van der Waals surface area contributed by atoms with E-state index < -0.39 is 0 Å². The van der Waals surface area contributed by atoms with Crippen LogP contribution < -0.4 is 15.4 Å². The maximum Gasteiger partial charge on any atom is 0.291 e. The number of amides is 2. The summed E-state index contributed by atoms with van der Waals surface area (Å²) in [6, 6.07) is 12.6. The first-order valence-electron chi connectivity index (χ1n) is 8.84. The summed E-state index contributed by atoms with van der Waals surface area (Å²) in [5.74, 6) is 0.460. The molecule has 0 saturated heterocycles. The zero-order chi connectivity index (χ0) is 19.0. The second kappa shape index (κ2) is 6.79. The van der Waals surface area contributed by atoms with E-state index >= 15 is 0 Å². The Morgan fingerprint density at radius 2 is 1.93 bits per heavy atom. The van der Waals surface area contributed by atoms with Gasteiger partial charge in [0, 0.05) is 28.2 Å². The third-order valence-corrected chi connectivity index (χ3v) is 4.64. The molecule has 2 N–H and O–H groups in total. The van der Waals surface area contributed by atoms with Gasteiger partial charge in [0.15, 0.2) is 5.76 Å². The Balaban J connectivity index is 1.56. The minimum Gasteiger partial charge on any atom is -0.497 e. The molecule has 0 radical (unpaired) electrons. The van der Waals surface area contributed by atoms with Crippen LogP contribution in [0.3, 0.4) is 0 Å². The van der Waals surface area contributed by atoms with Gasteiger partial charge in [-0.15, -0.1) is 0 Å². The molecule has 1 fully saturated rings. The largest absolute Gasteiger partial charge is 0.497 e. The highest BCUT2D eigenvalue weighted by atomic mass is 16.5. The van der Waals surface area contributed by atoms with Crippen molar-refractivity contribution in [1.29, 1.82) is 0 Å². The van der Waals surface area contributed by atoms with Gasteiger partial charge in [0.25, 0.3) is 11.8 Å². The molecule has 2 aromatic carbocycles. The fourth-order valence-corrected chi connectivity index (χ4v) is 2.97. The third-order valence-electron chi connectivity index (χ3n) is 4.64. The van der Waals surface area contributed by atoms with Crippen molar-refractivity contribution in [2.24, 2.45) is 0 Å². The Kier molecular flexibility index (Phi) is 4.32. The molecule has 3 aromatic rings. The van der Waals surface area contributed by atoms with Crippen molar-refractivity contribution in [3.8, 4) is 5.75 Å². The van der Waals surface area contributed by atoms with Gasteiger partial charge in [0.1, 0.15) is 11.3 Å². The van der Waals surface area contributed by atoms with Crippen LogP contribution in [-0.4, -0.2) is 25.0 Å². The molecule has 0 bridgehead atoms. The second-order valence-electron chi connectivity index (χ2n) is 6.70. The van der Waals surface area contributed by atoms with Gasteiger partial charge >= 0.3 is 0 Å². The first-order valence-corrected chi connectivity index (χ1v) is 8.84. The third kappa shape index (κ3) is 3.51. The molecule has 0 aliphatic heterocycles. The molecule has 1 aliphatic carbocycles. The summed E-state index contributed by atoms with van der Waals surface area (Å²) in [6.45, 7) is 1.83. The molecule has 1 aromatic heterocycles. The molecule has 27 heavy (non-hydrogen) atoms. The van der Waals surface area contributed by atoms with Gasteiger partial charge in [0.05, 0.1) is 7.11 Å². The summed E-state index contributed by atoms with van der Waals surface area (Å²) in [5.41, 5.74) is 2.42. The van der Waals surface area contributed by atoms with E-state index in [-0.39, 0.29) is 23.6 Å². The van der Waals surface area contributed by atoms with Gasteiger partial charge in [-0.3, -0.25) is 9.59 Å². The van der Waals surface area contributed by atoms with Crippen LogP contribution in [0, 0.1) is 6.92 Å². The van der Waals surface area contributed by atoms with Crippen LogP contribution in [-0.2, 0) is 0 Å². The number of benzene rings is 2. The van der Waals surface area contributed by atoms with E-state index in [2.05, 4.69) is 10.6 Å². The number of methoxy groups -OCH3 is 1. The molecule has 0 atom stereocenters. The summed E-state index contributed by atoms with van der Waals surface area (Å²) in [7, 11) is 1.59. The summed E-state index contributed by atoms with van der Waals surface area (Å²) < 4.78 is 11.0. The number of carbonyl (C=O) groups excluding carboxylic acids is 2. The topological polar surface area (TPSA) is 80.6 Å². The fraction of sp³-hybridized carbons (Fsp3) is 0.238. The van der Waals surface area contributed by atoms with Crippen LogP contribution in [0.4, 0.5) is 5.69 Å². The van der Waals surface area contributed by atoms with Crippen LogP contribution in [0.5, 0.6) is 5.75 Å². The molecule has 4 rings (SSSR count). The number of ether oxygens (including phenoxy) is 1. The van der Waals surface area contributed by atoms with E-state index in [1.54, 1.807) is 43.5 Å². The smallest absolute Gasteiger partial charge is 0.291 e. The maximum absolute atomic E-state index is 12.7. The minimum atomic E-state index is -0.359. The van der Waals surface area contributed by atoms with Crippen molar-refractivity contribution < 1.29 is 18.7 Å². The number of aryl methyl sites for hydroxylation is 1. The number of nitrogens with one attached hydrogen (secondary N) is 2. The number of rotatable bonds is 5. The van der Waals surface area contributed by atoms with E-state index in [4.69, 9.17) is 9.15 Å². The lowest BCUT2D eigenvalue weighted by Gasteiger charge is -2.07. The summed E-state index contributed by atoms with van der Waals surface area (Å²) in [4.78, 5) is 24.9. The normalized spacial score (nSPS) is 13.4. The van der Waals surface area contributed by atoms with Crippen molar-refractivity contribution in [2.75, 3.05) is 12.4 Å². The van der Waals surface area contributed by atoms with Crippen molar-refractivity contribution >= 4 is 28.5 Å². The van der Waals surface area contributed by atoms with E-state index in [0.29, 0.717) is 22.6 Å². The van der Waals surface area contributed by atoms with Gasteiger partial charge in [-0.2, -0.15) is 0 Å². The Labute approximate surface area is 156 Å².